The van der Waals surface area contributed by atoms with Crippen molar-refractivity contribution in [2.75, 3.05) is 12.8 Å². The number of rotatable bonds is 4. The number of ether oxygens (including phenoxy) is 1. The summed E-state index contributed by atoms with van der Waals surface area (Å²) in [7, 11) is -2.17. The van der Waals surface area contributed by atoms with Crippen LogP contribution in [-0.4, -0.2) is 21.6 Å². The number of methoxy groups -OCH3 is 1. The zero-order chi connectivity index (χ0) is 15.8. The van der Waals surface area contributed by atoms with Gasteiger partial charge in [-0.3, -0.25) is 0 Å². The van der Waals surface area contributed by atoms with Crippen LogP contribution in [0.25, 0.3) is 0 Å². The van der Waals surface area contributed by atoms with Crippen molar-refractivity contribution < 1.29 is 13.2 Å². The van der Waals surface area contributed by atoms with Gasteiger partial charge < -0.3 is 10.5 Å². The molecule has 0 saturated heterocycles. The van der Waals surface area contributed by atoms with Crippen LogP contribution in [0.1, 0.15) is 32.3 Å². The highest BCUT2D eigenvalue weighted by atomic mass is 32.2. The molecule has 0 radical (unpaired) electrons. The van der Waals surface area contributed by atoms with E-state index in [2.05, 4.69) is 18.6 Å². The fourth-order valence-electron chi connectivity index (χ4n) is 2.84. The van der Waals surface area contributed by atoms with E-state index in [1.807, 2.05) is 6.92 Å². The molecule has 6 heteroatoms. The van der Waals surface area contributed by atoms with Crippen LogP contribution in [0.4, 0.5) is 5.69 Å². The first-order valence-electron chi connectivity index (χ1n) is 7.22. The summed E-state index contributed by atoms with van der Waals surface area (Å²) in [5.41, 5.74) is 7.10. The Morgan fingerprint density at radius 1 is 1.29 bits per heavy atom. The third-order valence-corrected chi connectivity index (χ3v) is 6.12. The first kappa shape index (κ1) is 16.1. The summed E-state index contributed by atoms with van der Waals surface area (Å²) in [5.74, 6) is 1.18. The van der Waals surface area contributed by atoms with Crippen LogP contribution in [0.5, 0.6) is 5.75 Å². The van der Waals surface area contributed by atoms with Gasteiger partial charge in [0.1, 0.15) is 10.6 Å². The van der Waals surface area contributed by atoms with Crippen molar-refractivity contribution in [1.29, 1.82) is 0 Å². The topological polar surface area (TPSA) is 81.4 Å². The lowest BCUT2D eigenvalue weighted by molar-refractivity contribution is 0.394. The van der Waals surface area contributed by atoms with Crippen molar-refractivity contribution in [3.05, 3.63) is 17.7 Å². The molecule has 1 aliphatic carbocycles. The molecule has 1 aliphatic rings. The van der Waals surface area contributed by atoms with Gasteiger partial charge in [0.05, 0.1) is 7.11 Å². The fraction of sp³-hybridized carbons (Fsp3) is 0.600. The van der Waals surface area contributed by atoms with Crippen molar-refractivity contribution in [2.45, 2.75) is 44.6 Å². The van der Waals surface area contributed by atoms with Gasteiger partial charge in [0.15, 0.2) is 0 Å². The average Bonchev–Trinajstić information content (AvgIpc) is 2.72. The van der Waals surface area contributed by atoms with Gasteiger partial charge in [0, 0.05) is 11.7 Å². The van der Waals surface area contributed by atoms with Gasteiger partial charge in [-0.15, -0.1) is 0 Å². The van der Waals surface area contributed by atoms with E-state index in [9.17, 15) is 8.42 Å². The van der Waals surface area contributed by atoms with Crippen LogP contribution in [-0.2, 0) is 10.0 Å². The molecule has 2 rings (SSSR count). The summed E-state index contributed by atoms with van der Waals surface area (Å²) in [5, 5.41) is 0. The molecule has 118 valence electrons. The first-order valence-corrected chi connectivity index (χ1v) is 8.71. The van der Waals surface area contributed by atoms with Gasteiger partial charge >= 0.3 is 0 Å². The monoisotopic (exact) mass is 312 g/mol. The molecule has 0 aromatic heterocycles. The van der Waals surface area contributed by atoms with E-state index in [-0.39, 0.29) is 10.9 Å². The van der Waals surface area contributed by atoms with E-state index in [1.165, 1.54) is 13.2 Å². The summed E-state index contributed by atoms with van der Waals surface area (Å²) >= 11 is 0. The van der Waals surface area contributed by atoms with Crippen molar-refractivity contribution in [3.8, 4) is 5.75 Å². The third kappa shape index (κ3) is 3.16. The van der Waals surface area contributed by atoms with Crippen LogP contribution >= 0.6 is 0 Å². The van der Waals surface area contributed by atoms with Gasteiger partial charge in [0.2, 0.25) is 10.0 Å². The van der Waals surface area contributed by atoms with Gasteiger partial charge in [-0.25, -0.2) is 13.1 Å². The number of sulfonamides is 1. The van der Waals surface area contributed by atoms with Crippen molar-refractivity contribution in [3.63, 3.8) is 0 Å². The normalized spacial score (nSPS) is 26.0. The second kappa shape index (κ2) is 5.85. The molecular formula is C15H24N2O3S. The smallest absolute Gasteiger partial charge is 0.244 e. The molecule has 1 aromatic carbocycles. The zero-order valence-corrected chi connectivity index (χ0v) is 13.8. The highest BCUT2D eigenvalue weighted by Gasteiger charge is 2.34. The quantitative estimate of drug-likeness (QED) is 0.836. The summed E-state index contributed by atoms with van der Waals surface area (Å²) in [4.78, 5) is 0.111. The lowest BCUT2D eigenvalue weighted by Crippen LogP contribution is -2.37. The highest BCUT2D eigenvalue weighted by Crippen LogP contribution is 2.34. The van der Waals surface area contributed by atoms with Crippen molar-refractivity contribution >= 4 is 15.7 Å². The van der Waals surface area contributed by atoms with Crippen molar-refractivity contribution in [2.24, 2.45) is 11.8 Å². The average molecular weight is 312 g/mol. The summed E-state index contributed by atoms with van der Waals surface area (Å²) in [6.45, 7) is 6.07. The molecule has 0 amide bonds. The Balaban J connectivity index is 2.34. The predicted octanol–water partition coefficient (Wildman–Crippen LogP) is 2.30. The molecule has 3 N–H and O–H groups in total. The zero-order valence-electron chi connectivity index (χ0n) is 13.0. The number of nitrogens with one attached hydrogen (secondary N) is 1. The summed E-state index contributed by atoms with van der Waals surface area (Å²) in [6, 6.07) is 3.10. The van der Waals surface area contributed by atoms with E-state index < -0.39 is 10.0 Å². The largest absolute Gasteiger partial charge is 0.495 e. The Bertz CT molecular complexity index is 628. The molecule has 1 fully saturated rings. The summed E-state index contributed by atoms with van der Waals surface area (Å²) < 4.78 is 33.3. The first-order chi connectivity index (χ1) is 9.76. The number of anilines is 1. The number of nitrogens with two attached hydrogens (primary N) is 1. The maximum absolute atomic E-state index is 12.6. The van der Waals surface area contributed by atoms with Gasteiger partial charge in [0.25, 0.3) is 0 Å². The third-order valence-electron chi connectivity index (χ3n) is 4.61. The van der Waals surface area contributed by atoms with Crippen LogP contribution in [0.15, 0.2) is 17.0 Å². The Labute approximate surface area is 126 Å². The van der Waals surface area contributed by atoms with Crippen LogP contribution in [0.2, 0.25) is 0 Å². The standard InChI is InChI=1S/C15H24N2O3S/c1-9-5-6-13(11(9)3)17-21(18,19)15-8-12(16)10(2)7-14(15)20-4/h7-9,11,13,17H,5-6,16H2,1-4H3. The number of nitrogen functional groups attached to an aromatic ring is 1. The van der Waals surface area contributed by atoms with Crippen molar-refractivity contribution in [1.82, 2.24) is 4.72 Å². The van der Waals surface area contributed by atoms with Gasteiger partial charge in [-0.1, -0.05) is 13.8 Å². The second-order valence-corrected chi connectivity index (χ2v) is 7.68. The molecular weight excluding hydrogens is 288 g/mol. The Morgan fingerprint density at radius 3 is 2.48 bits per heavy atom. The molecule has 0 heterocycles. The molecule has 0 bridgehead atoms. The maximum atomic E-state index is 12.6. The minimum Gasteiger partial charge on any atom is -0.495 e. The fourth-order valence-corrected chi connectivity index (χ4v) is 4.39. The maximum Gasteiger partial charge on any atom is 0.244 e. The van der Waals surface area contributed by atoms with E-state index >= 15 is 0 Å². The van der Waals surface area contributed by atoms with Crippen LogP contribution in [0.3, 0.4) is 0 Å². The lowest BCUT2D eigenvalue weighted by atomic mass is 9.98. The van der Waals surface area contributed by atoms with E-state index in [1.54, 1.807) is 6.07 Å². The lowest BCUT2D eigenvalue weighted by Gasteiger charge is -2.21. The number of benzene rings is 1. The number of hydrogen-bond donors (Lipinski definition) is 2. The van der Waals surface area contributed by atoms with E-state index in [0.717, 1.165) is 18.4 Å². The minimum atomic E-state index is -3.64. The highest BCUT2D eigenvalue weighted by molar-refractivity contribution is 7.89. The minimum absolute atomic E-state index is 0.0303. The summed E-state index contributed by atoms with van der Waals surface area (Å²) in [6.07, 6.45) is 1.91. The van der Waals surface area contributed by atoms with Gasteiger partial charge in [-0.05, 0) is 49.3 Å². The molecule has 21 heavy (non-hydrogen) atoms. The molecule has 5 nitrogen and oxygen atoms in total. The molecule has 3 atom stereocenters. The molecule has 0 aliphatic heterocycles. The Kier molecular flexibility index (Phi) is 4.49. The second-order valence-electron chi connectivity index (χ2n) is 6.00. The molecule has 3 unspecified atom stereocenters. The molecule has 0 spiro atoms. The number of aryl methyl sites for hydroxylation is 1. The van der Waals surface area contributed by atoms with E-state index in [0.29, 0.717) is 23.3 Å². The Morgan fingerprint density at radius 2 is 1.95 bits per heavy atom. The number of hydrogen-bond acceptors (Lipinski definition) is 4. The molecule has 1 aromatic rings. The van der Waals surface area contributed by atoms with Crippen LogP contribution < -0.4 is 15.2 Å². The van der Waals surface area contributed by atoms with E-state index in [4.69, 9.17) is 10.5 Å². The predicted molar refractivity (Wildman–Crippen MR) is 83.8 cm³/mol. The van der Waals surface area contributed by atoms with Gasteiger partial charge in [-0.2, -0.15) is 0 Å². The molecule has 1 saturated carbocycles. The SMILES string of the molecule is COc1cc(C)c(N)cc1S(=O)(=O)NC1CCC(C)C1C. The Hall–Kier alpha value is -1.27. The van der Waals surface area contributed by atoms with Crippen LogP contribution in [0, 0.1) is 18.8 Å².